The maximum atomic E-state index is 5.67. The fraction of sp³-hybridized carbons (Fsp3) is 0.231. The molecule has 1 heterocycles. The Labute approximate surface area is 109 Å². The molecule has 0 spiro atoms. The molecule has 1 aromatic heterocycles. The normalized spacial score (nSPS) is 10.6. The molecule has 0 fully saturated rings. The molecule has 2 rings (SSSR count). The number of rotatable bonds is 3. The van der Waals surface area contributed by atoms with Crippen molar-refractivity contribution in [3.63, 3.8) is 0 Å². The fourth-order valence-electron chi connectivity index (χ4n) is 1.43. The predicted octanol–water partition coefficient (Wildman–Crippen LogP) is 4.15. The van der Waals surface area contributed by atoms with Crippen LogP contribution < -0.4 is 4.74 Å². The Balaban J connectivity index is 2.21. The number of benzene rings is 1. The summed E-state index contributed by atoms with van der Waals surface area (Å²) in [5, 5.41) is 0. The van der Waals surface area contributed by atoms with Crippen LogP contribution in [0.1, 0.15) is 25.3 Å². The van der Waals surface area contributed by atoms with E-state index in [1.54, 1.807) is 6.07 Å². The van der Waals surface area contributed by atoms with Crippen molar-refractivity contribution in [2.24, 2.45) is 0 Å². The Morgan fingerprint density at radius 2 is 2.00 bits per heavy atom. The van der Waals surface area contributed by atoms with E-state index in [9.17, 15) is 0 Å². The molecule has 0 saturated carbocycles. The highest BCUT2D eigenvalue weighted by Crippen LogP contribution is 2.24. The van der Waals surface area contributed by atoms with Gasteiger partial charge in [0.15, 0.2) is 0 Å². The van der Waals surface area contributed by atoms with Crippen LogP contribution in [0.25, 0.3) is 0 Å². The van der Waals surface area contributed by atoms with E-state index in [0.29, 0.717) is 16.4 Å². The zero-order valence-electron chi connectivity index (χ0n) is 9.72. The van der Waals surface area contributed by atoms with Gasteiger partial charge in [-0.3, -0.25) is 0 Å². The summed E-state index contributed by atoms with van der Waals surface area (Å²) in [5.41, 5.74) is 1.25. The van der Waals surface area contributed by atoms with E-state index in [0.717, 1.165) is 5.75 Å². The lowest BCUT2D eigenvalue weighted by atomic mass is 10.0. The third-order valence-electron chi connectivity index (χ3n) is 2.36. The van der Waals surface area contributed by atoms with Crippen LogP contribution in [0.2, 0.25) is 0 Å². The van der Waals surface area contributed by atoms with Gasteiger partial charge in [-0.05, 0) is 39.5 Å². The van der Waals surface area contributed by atoms with E-state index in [2.05, 4.69) is 45.8 Å². The van der Waals surface area contributed by atoms with Gasteiger partial charge in [0.05, 0.1) is 0 Å². The van der Waals surface area contributed by atoms with Gasteiger partial charge in [0, 0.05) is 6.07 Å². The first-order chi connectivity index (χ1) is 8.15. The van der Waals surface area contributed by atoms with Gasteiger partial charge in [0.1, 0.15) is 16.7 Å². The Hall–Kier alpha value is -1.42. The summed E-state index contributed by atoms with van der Waals surface area (Å²) in [5.74, 6) is 1.81. The first kappa shape index (κ1) is 12.0. The topological polar surface area (TPSA) is 35.0 Å². The fourth-order valence-corrected chi connectivity index (χ4v) is 1.72. The van der Waals surface area contributed by atoms with Gasteiger partial charge in [0.2, 0.25) is 5.88 Å². The molecule has 4 heteroatoms. The van der Waals surface area contributed by atoms with Crippen molar-refractivity contribution in [3.8, 4) is 11.6 Å². The van der Waals surface area contributed by atoms with Crippen LogP contribution in [-0.4, -0.2) is 9.97 Å². The number of halogens is 1. The summed E-state index contributed by atoms with van der Waals surface area (Å²) in [6.07, 6.45) is 1.46. The third kappa shape index (κ3) is 3.27. The lowest BCUT2D eigenvalue weighted by Crippen LogP contribution is -1.91. The van der Waals surface area contributed by atoms with Crippen LogP contribution in [0.15, 0.2) is 41.3 Å². The average Bonchev–Trinajstić information content (AvgIpc) is 2.29. The molecule has 0 aliphatic heterocycles. The van der Waals surface area contributed by atoms with Crippen molar-refractivity contribution in [2.75, 3.05) is 0 Å². The predicted molar refractivity (Wildman–Crippen MR) is 70.3 cm³/mol. The Morgan fingerprint density at radius 3 is 2.71 bits per heavy atom. The molecule has 0 atom stereocenters. The van der Waals surface area contributed by atoms with E-state index in [1.165, 1.54) is 11.9 Å². The Morgan fingerprint density at radius 1 is 1.18 bits per heavy atom. The van der Waals surface area contributed by atoms with Gasteiger partial charge >= 0.3 is 0 Å². The smallest absolute Gasteiger partial charge is 0.223 e. The number of hydrogen-bond donors (Lipinski definition) is 0. The van der Waals surface area contributed by atoms with Crippen LogP contribution in [0.3, 0.4) is 0 Å². The van der Waals surface area contributed by atoms with E-state index in [-0.39, 0.29) is 0 Å². The van der Waals surface area contributed by atoms with Gasteiger partial charge in [-0.2, -0.15) is 0 Å². The zero-order chi connectivity index (χ0) is 12.3. The van der Waals surface area contributed by atoms with Crippen LogP contribution in [-0.2, 0) is 0 Å². The molecule has 0 aliphatic rings. The summed E-state index contributed by atoms with van der Waals surface area (Å²) < 4.78 is 6.38. The van der Waals surface area contributed by atoms with Crippen molar-refractivity contribution >= 4 is 15.9 Å². The summed E-state index contributed by atoms with van der Waals surface area (Å²) in [6, 6.07) is 9.76. The summed E-state index contributed by atoms with van der Waals surface area (Å²) in [7, 11) is 0. The monoisotopic (exact) mass is 292 g/mol. The minimum Gasteiger partial charge on any atom is -0.439 e. The Kier molecular flexibility index (Phi) is 3.74. The molecule has 0 saturated heterocycles. The largest absolute Gasteiger partial charge is 0.439 e. The average molecular weight is 293 g/mol. The second-order valence-electron chi connectivity index (χ2n) is 4.01. The molecule has 2 aromatic rings. The van der Waals surface area contributed by atoms with E-state index < -0.39 is 0 Å². The zero-order valence-corrected chi connectivity index (χ0v) is 11.3. The second kappa shape index (κ2) is 5.27. The van der Waals surface area contributed by atoms with Crippen molar-refractivity contribution in [1.29, 1.82) is 0 Å². The number of nitrogens with zero attached hydrogens (tertiary/aromatic N) is 2. The van der Waals surface area contributed by atoms with Crippen molar-refractivity contribution in [1.82, 2.24) is 9.97 Å². The lowest BCUT2D eigenvalue weighted by molar-refractivity contribution is 0.460. The first-order valence-electron chi connectivity index (χ1n) is 5.40. The molecular formula is C13H13BrN2O. The minimum absolute atomic E-state index is 0.482. The minimum atomic E-state index is 0.482. The molecule has 0 amide bonds. The molecule has 0 radical (unpaired) electrons. The highest BCUT2D eigenvalue weighted by Gasteiger charge is 2.03. The van der Waals surface area contributed by atoms with Crippen LogP contribution >= 0.6 is 15.9 Å². The molecule has 3 nitrogen and oxygen atoms in total. The number of ether oxygens (including phenoxy) is 1. The summed E-state index contributed by atoms with van der Waals surface area (Å²) in [6.45, 7) is 4.31. The molecule has 17 heavy (non-hydrogen) atoms. The van der Waals surface area contributed by atoms with Crippen LogP contribution in [0.4, 0.5) is 0 Å². The third-order valence-corrected chi connectivity index (χ3v) is 2.79. The molecular weight excluding hydrogens is 280 g/mol. The van der Waals surface area contributed by atoms with Gasteiger partial charge < -0.3 is 4.74 Å². The molecule has 1 aromatic carbocycles. The Bertz CT molecular complexity index is 514. The quantitative estimate of drug-likeness (QED) is 0.797. The van der Waals surface area contributed by atoms with Gasteiger partial charge in [-0.1, -0.05) is 26.0 Å². The standard InChI is InChI=1S/C13H13BrN2O/c1-9(2)10-4-3-5-11(6-10)17-13-7-12(14)15-8-16-13/h3-9H,1-2H3. The maximum Gasteiger partial charge on any atom is 0.223 e. The van der Waals surface area contributed by atoms with E-state index in [4.69, 9.17) is 4.74 Å². The SMILES string of the molecule is CC(C)c1cccc(Oc2cc(Br)ncn2)c1. The van der Waals surface area contributed by atoms with Crippen LogP contribution in [0.5, 0.6) is 11.6 Å². The second-order valence-corrected chi connectivity index (χ2v) is 4.82. The van der Waals surface area contributed by atoms with Gasteiger partial charge in [-0.25, -0.2) is 9.97 Å². The molecule has 0 unspecified atom stereocenters. The van der Waals surface area contributed by atoms with Crippen molar-refractivity contribution in [3.05, 3.63) is 46.8 Å². The van der Waals surface area contributed by atoms with Crippen molar-refractivity contribution in [2.45, 2.75) is 19.8 Å². The summed E-state index contributed by atoms with van der Waals surface area (Å²) in [4.78, 5) is 8.00. The van der Waals surface area contributed by atoms with E-state index >= 15 is 0 Å². The van der Waals surface area contributed by atoms with Gasteiger partial charge in [-0.15, -0.1) is 0 Å². The van der Waals surface area contributed by atoms with Gasteiger partial charge in [0.25, 0.3) is 0 Å². The molecule has 88 valence electrons. The molecule has 0 bridgehead atoms. The highest BCUT2D eigenvalue weighted by atomic mass is 79.9. The summed E-state index contributed by atoms with van der Waals surface area (Å²) >= 11 is 3.28. The first-order valence-corrected chi connectivity index (χ1v) is 6.20. The van der Waals surface area contributed by atoms with Crippen molar-refractivity contribution < 1.29 is 4.74 Å². The number of hydrogen-bond acceptors (Lipinski definition) is 3. The lowest BCUT2D eigenvalue weighted by Gasteiger charge is -2.08. The van der Waals surface area contributed by atoms with Crippen LogP contribution in [0, 0.1) is 0 Å². The van der Waals surface area contributed by atoms with E-state index in [1.807, 2.05) is 18.2 Å². The maximum absolute atomic E-state index is 5.67. The molecule has 0 N–H and O–H groups in total. The highest BCUT2D eigenvalue weighted by molar-refractivity contribution is 9.10. The number of aromatic nitrogens is 2. The molecule has 0 aliphatic carbocycles.